The number of urea groups is 1. The molecule has 10 heteroatoms. The Kier molecular flexibility index (Phi) is 6.01. The molecule has 1 saturated heterocycles. The SMILES string of the molecule is O=C1NC(=O)N(c2ccc(C34CC5CC(CC(C5)C3)C4)cc2)C(=O)/C1=C\c1ccc(-c2ccc([N+](=O)[O-])cc2Br)o1. The lowest BCUT2D eigenvalue weighted by molar-refractivity contribution is -0.384. The maximum atomic E-state index is 13.5. The molecule has 5 aliphatic rings. The molecule has 0 spiro atoms. The lowest BCUT2D eigenvalue weighted by atomic mass is 9.48. The smallest absolute Gasteiger partial charge is 0.335 e. The van der Waals surface area contributed by atoms with Crippen LogP contribution in [0.5, 0.6) is 0 Å². The first-order valence-electron chi connectivity index (χ1n) is 13.8. The Morgan fingerprint density at radius 1 is 0.951 bits per heavy atom. The van der Waals surface area contributed by atoms with Crippen molar-refractivity contribution >= 4 is 51.2 Å². The summed E-state index contributed by atoms with van der Waals surface area (Å²) in [6.07, 6.45) is 8.99. The Morgan fingerprint density at radius 2 is 1.61 bits per heavy atom. The Labute approximate surface area is 243 Å². The van der Waals surface area contributed by atoms with Crippen molar-refractivity contribution in [1.82, 2.24) is 5.32 Å². The van der Waals surface area contributed by atoms with E-state index in [1.54, 1.807) is 30.3 Å². The number of hydrogen-bond donors (Lipinski definition) is 1. The van der Waals surface area contributed by atoms with E-state index in [-0.39, 0.29) is 22.4 Å². The Morgan fingerprint density at radius 3 is 2.22 bits per heavy atom. The summed E-state index contributed by atoms with van der Waals surface area (Å²) in [7, 11) is 0. The van der Waals surface area contributed by atoms with Crippen LogP contribution in [0.2, 0.25) is 0 Å². The number of hydrogen-bond acceptors (Lipinski definition) is 6. The summed E-state index contributed by atoms with van der Waals surface area (Å²) >= 11 is 3.33. The summed E-state index contributed by atoms with van der Waals surface area (Å²) in [6.45, 7) is 0. The molecule has 208 valence electrons. The number of barbiturate groups is 1. The van der Waals surface area contributed by atoms with E-state index in [9.17, 15) is 24.5 Å². The zero-order chi connectivity index (χ0) is 28.5. The van der Waals surface area contributed by atoms with Crippen molar-refractivity contribution < 1.29 is 23.7 Å². The quantitative estimate of drug-likeness (QED) is 0.146. The normalized spacial score (nSPS) is 27.9. The minimum absolute atomic E-state index is 0.0743. The van der Waals surface area contributed by atoms with Gasteiger partial charge < -0.3 is 4.42 Å². The Bertz CT molecular complexity index is 1620. The molecular formula is C31H26BrN3O6. The molecule has 0 atom stereocenters. The van der Waals surface area contributed by atoms with Crippen molar-refractivity contribution in [3.05, 3.63) is 86.1 Å². The average Bonchev–Trinajstić information content (AvgIpc) is 3.39. The number of halogens is 1. The highest BCUT2D eigenvalue weighted by Crippen LogP contribution is 2.60. The molecule has 1 aromatic heterocycles. The summed E-state index contributed by atoms with van der Waals surface area (Å²) in [5.74, 6) is 1.46. The number of amides is 4. The first-order chi connectivity index (χ1) is 19.7. The van der Waals surface area contributed by atoms with Crippen LogP contribution < -0.4 is 10.2 Å². The molecule has 4 aliphatic carbocycles. The molecule has 4 amide bonds. The molecule has 2 aromatic carbocycles. The van der Waals surface area contributed by atoms with Crippen molar-refractivity contribution in [3.8, 4) is 11.3 Å². The van der Waals surface area contributed by atoms with Crippen LogP contribution in [0.25, 0.3) is 17.4 Å². The van der Waals surface area contributed by atoms with Crippen molar-refractivity contribution in [2.75, 3.05) is 4.90 Å². The molecule has 0 radical (unpaired) electrons. The van der Waals surface area contributed by atoms with E-state index < -0.39 is 22.8 Å². The second kappa shape index (κ2) is 9.51. The van der Waals surface area contributed by atoms with Crippen LogP contribution in [0.3, 0.4) is 0 Å². The van der Waals surface area contributed by atoms with Crippen molar-refractivity contribution in [2.45, 2.75) is 43.9 Å². The van der Waals surface area contributed by atoms with E-state index in [0.717, 1.165) is 22.7 Å². The molecule has 4 bridgehead atoms. The summed E-state index contributed by atoms with van der Waals surface area (Å²) < 4.78 is 6.30. The van der Waals surface area contributed by atoms with Gasteiger partial charge in [0.1, 0.15) is 17.1 Å². The van der Waals surface area contributed by atoms with Gasteiger partial charge in [-0.15, -0.1) is 0 Å². The number of nitro benzene ring substituents is 1. The third kappa shape index (κ3) is 4.41. The monoisotopic (exact) mass is 615 g/mol. The zero-order valence-electron chi connectivity index (χ0n) is 22.0. The number of carbonyl (C=O) groups excluding carboxylic acids is 3. The molecule has 2 heterocycles. The van der Waals surface area contributed by atoms with Crippen LogP contribution in [0.15, 0.2) is 69.1 Å². The Balaban J connectivity index is 1.14. The minimum atomic E-state index is -0.809. The maximum absolute atomic E-state index is 13.5. The van der Waals surface area contributed by atoms with E-state index in [0.29, 0.717) is 21.5 Å². The van der Waals surface area contributed by atoms with Crippen LogP contribution in [-0.2, 0) is 15.0 Å². The number of furan rings is 1. The second-order valence-electron chi connectivity index (χ2n) is 11.8. The first-order valence-corrected chi connectivity index (χ1v) is 14.5. The number of anilines is 1. The number of nitrogens with zero attached hydrogens (tertiary/aromatic N) is 2. The lowest BCUT2D eigenvalue weighted by Crippen LogP contribution is -2.54. The van der Waals surface area contributed by atoms with Gasteiger partial charge in [-0.2, -0.15) is 0 Å². The van der Waals surface area contributed by atoms with Gasteiger partial charge in [0.2, 0.25) is 0 Å². The molecule has 41 heavy (non-hydrogen) atoms. The van der Waals surface area contributed by atoms with E-state index >= 15 is 0 Å². The van der Waals surface area contributed by atoms with Crippen LogP contribution in [0.4, 0.5) is 16.2 Å². The molecule has 0 unspecified atom stereocenters. The van der Waals surface area contributed by atoms with Gasteiger partial charge in [0, 0.05) is 22.2 Å². The second-order valence-corrected chi connectivity index (χ2v) is 12.7. The van der Waals surface area contributed by atoms with E-state index in [1.165, 1.54) is 62.3 Å². The van der Waals surface area contributed by atoms with E-state index in [1.807, 2.05) is 12.1 Å². The number of benzene rings is 2. The summed E-state index contributed by atoms with van der Waals surface area (Å²) in [5, 5.41) is 13.3. The molecule has 3 aromatic rings. The third-order valence-corrected chi connectivity index (χ3v) is 9.88. The fourth-order valence-electron chi connectivity index (χ4n) is 7.86. The van der Waals surface area contributed by atoms with Gasteiger partial charge in [0.25, 0.3) is 17.5 Å². The van der Waals surface area contributed by atoms with Crippen LogP contribution in [-0.4, -0.2) is 22.8 Å². The predicted molar refractivity (Wildman–Crippen MR) is 154 cm³/mol. The number of nitrogens with one attached hydrogen (secondary N) is 1. The number of rotatable bonds is 5. The van der Waals surface area contributed by atoms with Crippen LogP contribution in [0.1, 0.15) is 49.8 Å². The first kappa shape index (κ1) is 25.9. The van der Waals surface area contributed by atoms with Crippen LogP contribution >= 0.6 is 15.9 Å². The number of imide groups is 2. The molecule has 1 aliphatic heterocycles. The van der Waals surface area contributed by atoms with Crippen LogP contribution in [0, 0.1) is 27.9 Å². The van der Waals surface area contributed by atoms with Gasteiger partial charge >= 0.3 is 6.03 Å². The van der Waals surface area contributed by atoms with Gasteiger partial charge in [-0.1, -0.05) is 12.1 Å². The van der Waals surface area contributed by atoms with Crippen molar-refractivity contribution in [3.63, 3.8) is 0 Å². The fourth-order valence-corrected chi connectivity index (χ4v) is 8.42. The average molecular weight is 616 g/mol. The van der Waals surface area contributed by atoms with Gasteiger partial charge in [-0.3, -0.25) is 25.0 Å². The van der Waals surface area contributed by atoms with E-state index in [2.05, 4.69) is 21.2 Å². The van der Waals surface area contributed by atoms with Crippen molar-refractivity contribution in [1.29, 1.82) is 0 Å². The highest BCUT2D eigenvalue weighted by Gasteiger charge is 2.51. The maximum Gasteiger partial charge on any atom is 0.335 e. The summed E-state index contributed by atoms with van der Waals surface area (Å²) in [5.41, 5.74) is 2.12. The van der Waals surface area contributed by atoms with Gasteiger partial charge in [0.05, 0.1) is 10.6 Å². The molecular weight excluding hydrogens is 590 g/mol. The van der Waals surface area contributed by atoms with Crippen molar-refractivity contribution in [2.24, 2.45) is 17.8 Å². The number of non-ortho nitro benzene ring substituents is 1. The predicted octanol–water partition coefficient (Wildman–Crippen LogP) is 6.75. The number of nitro groups is 1. The van der Waals surface area contributed by atoms with Gasteiger partial charge in [-0.25, -0.2) is 9.69 Å². The number of carbonyl (C=O) groups is 3. The lowest BCUT2D eigenvalue weighted by Gasteiger charge is -2.57. The Hall–Kier alpha value is -4.05. The highest BCUT2D eigenvalue weighted by atomic mass is 79.9. The standard InChI is InChI=1S/C31H26BrN3O6/c32-26-12-22(35(39)40)5-7-24(26)27-8-6-23(41-27)13-25-28(36)33-30(38)34(29(25)37)21-3-1-20(2-4-21)31-14-17-9-18(15-31)11-19(10-17)16-31/h1-8,12-13,17-19H,9-11,14-16H2,(H,33,36,38)/b25-13-. The highest BCUT2D eigenvalue weighted by molar-refractivity contribution is 9.10. The zero-order valence-corrected chi connectivity index (χ0v) is 23.6. The molecule has 9 nitrogen and oxygen atoms in total. The molecule has 1 N–H and O–H groups in total. The molecule has 5 fully saturated rings. The fraction of sp³-hybridized carbons (Fsp3) is 0.323. The topological polar surface area (TPSA) is 123 Å². The minimum Gasteiger partial charge on any atom is -0.457 e. The molecule has 4 saturated carbocycles. The van der Waals surface area contributed by atoms with Gasteiger partial charge in [0.15, 0.2) is 0 Å². The van der Waals surface area contributed by atoms with Gasteiger partial charge in [-0.05, 0) is 120 Å². The summed E-state index contributed by atoms with van der Waals surface area (Å²) in [4.78, 5) is 50.4. The van der Waals surface area contributed by atoms with E-state index in [4.69, 9.17) is 4.42 Å². The molecule has 8 rings (SSSR count). The third-order valence-electron chi connectivity index (χ3n) is 9.22. The largest absolute Gasteiger partial charge is 0.457 e. The summed E-state index contributed by atoms with van der Waals surface area (Å²) in [6, 6.07) is 14.4.